The van der Waals surface area contributed by atoms with Crippen LogP contribution in [-0.2, 0) is 6.54 Å². The molecule has 1 fully saturated rings. The average molecular weight is 253 g/mol. The number of fused-ring (bicyclic) bond motifs is 1. The maximum Gasteiger partial charge on any atom is 0.193 e. The van der Waals surface area contributed by atoms with Crippen LogP contribution in [0.4, 0.5) is 0 Å². The molecule has 86 valence electrons. The van der Waals surface area contributed by atoms with Gasteiger partial charge in [-0.15, -0.1) is 11.3 Å². The number of nitrogens with one attached hydrogen (secondary N) is 1. The topological polar surface area (TPSA) is 29.3 Å². The molecule has 0 atom stereocenters. The molecule has 2 heterocycles. The van der Waals surface area contributed by atoms with Crippen molar-refractivity contribution >= 4 is 28.1 Å². The summed E-state index contributed by atoms with van der Waals surface area (Å²) in [6.07, 6.45) is 9.10. The van der Waals surface area contributed by atoms with Crippen LogP contribution in [0.1, 0.15) is 18.5 Å². The Labute approximate surface area is 103 Å². The molecule has 0 saturated heterocycles. The van der Waals surface area contributed by atoms with Crippen molar-refractivity contribution in [3.8, 4) is 0 Å². The van der Waals surface area contributed by atoms with Gasteiger partial charge in [-0.2, -0.15) is 11.8 Å². The van der Waals surface area contributed by atoms with Crippen molar-refractivity contribution in [1.82, 2.24) is 14.7 Å². The van der Waals surface area contributed by atoms with E-state index in [0.29, 0.717) is 4.75 Å². The van der Waals surface area contributed by atoms with E-state index in [-0.39, 0.29) is 0 Å². The second kappa shape index (κ2) is 4.05. The van der Waals surface area contributed by atoms with Crippen LogP contribution >= 0.6 is 23.1 Å². The van der Waals surface area contributed by atoms with E-state index in [1.165, 1.54) is 12.8 Å². The number of rotatable bonds is 5. The highest BCUT2D eigenvalue weighted by Gasteiger charge is 2.41. The maximum atomic E-state index is 4.55. The molecule has 0 radical (unpaired) electrons. The Morgan fingerprint density at radius 1 is 1.62 bits per heavy atom. The molecule has 1 saturated carbocycles. The second-order valence-corrected chi connectivity index (χ2v) is 6.46. The van der Waals surface area contributed by atoms with Gasteiger partial charge >= 0.3 is 0 Å². The molecule has 0 spiro atoms. The van der Waals surface area contributed by atoms with Gasteiger partial charge < -0.3 is 5.32 Å². The summed E-state index contributed by atoms with van der Waals surface area (Å²) in [6.45, 7) is 2.00. The summed E-state index contributed by atoms with van der Waals surface area (Å²) in [7, 11) is 0. The molecule has 2 aromatic rings. The van der Waals surface area contributed by atoms with Crippen LogP contribution in [0.5, 0.6) is 0 Å². The first-order chi connectivity index (χ1) is 7.81. The van der Waals surface area contributed by atoms with Crippen LogP contribution in [-0.4, -0.2) is 26.9 Å². The molecule has 1 aliphatic carbocycles. The number of imidazole rings is 1. The Morgan fingerprint density at radius 3 is 3.19 bits per heavy atom. The summed E-state index contributed by atoms with van der Waals surface area (Å²) in [4.78, 5) is 5.64. The van der Waals surface area contributed by atoms with Crippen molar-refractivity contribution in [2.24, 2.45) is 0 Å². The molecule has 0 amide bonds. The molecule has 0 unspecified atom stereocenters. The van der Waals surface area contributed by atoms with Gasteiger partial charge in [0.05, 0.1) is 5.69 Å². The molecule has 5 heteroatoms. The van der Waals surface area contributed by atoms with E-state index in [1.807, 2.05) is 11.8 Å². The monoisotopic (exact) mass is 253 g/mol. The third-order valence-electron chi connectivity index (χ3n) is 3.14. The first-order valence-corrected chi connectivity index (χ1v) is 7.59. The zero-order valence-corrected chi connectivity index (χ0v) is 10.9. The SMILES string of the molecule is CSC1(CNCc2cn3ccsc3n2)CC1. The van der Waals surface area contributed by atoms with E-state index in [2.05, 4.69) is 38.7 Å². The fourth-order valence-electron chi connectivity index (χ4n) is 1.87. The van der Waals surface area contributed by atoms with Gasteiger partial charge in [-0.05, 0) is 19.1 Å². The van der Waals surface area contributed by atoms with Crippen LogP contribution in [0.25, 0.3) is 4.96 Å². The Balaban J connectivity index is 1.57. The lowest BCUT2D eigenvalue weighted by molar-refractivity contribution is 0.655. The number of thioether (sulfide) groups is 1. The molecule has 1 N–H and O–H groups in total. The molecule has 0 aliphatic heterocycles. The van der Waals surface area contributed by atoms with Gasteiger partial charge in [0.2, 0.25) is 0 Å². The average Bonchev–Trinajstić information content (AvgIpc) is 2.74. The van der Waals surface area contributed by atoms with Gasteiger partial charge in [0, 0.05) is 35.6 Å². The predicted molar refractivity (Wildman–Crippen MR) is 70.3 cm³/mol. The van der Waals surface area contributed by atoms with E-state index < -0.39 is 0 Å². The van der Waals surface area contributed by atoms with Gasteiger partial charge in [0.25, 0.3) is 0 Å². The van der Waals surface area contributed by atoms with Crippen molar-refractivity contribution < 1.29 is 0 Å². The summed E-state index contributed by atoms with van der Waals surface area (Å²) in [5, 5.41) is 5.58. The largest absolute Gasteiger partial charge is 0.310 e. The van der Waals surface area contributed by atoms with Crippen molar-refractivity contribution in [3.63, 3.8) is 0 Å². The third-order valence-corrected chi connectivity index (χ3v) is 5.33. The summed E-state index contributed by atoms with van der Waals surface area (Å²) < 4.78 is 2.63. The van der Waals surface area contributed by atoms with E-state index in [1.54, 1.807) is 11.3 Å². The molecular weight excluding hydrogens is 238 g/mol. The Morgan fingerprint density at radius 2 is 2.50 bits per heavy atom. The van der Waals surface area contributed by atoms with Crippen molar-refractivity contribution in [2.45, 2.75) is 24.1 Å². The highest BCUT2D eigenvalue weighted by molar-refractivity contribution is 8.00. The lowest BCUT2D eigenvalue weighted by atomic mass is 10.4. The first kappa shape index (κ1) is 10.6. The van der Waals surface area contributed by atoms with E-state index >= 15 is 0 Å². The lowest BCUT2D eigenvalue weighted by Crippen LogP contribution is -2.25. The summed E-state index contributed by atoms with van der Waals surface area (Å²) in [6, 6.07) is 0. The minimum absolute atomic E-state index is 0.539. The Kier molecular flexibility index (Phi) is 2.69. The fraction of sp³-hybridized carbons (Fsp3) is 0.545. The molecule has 0 bridgehead atoms. The van der Waals surface area contributed by atoms with E-state index in [0.717, 1.165) is 23.7 Å². The van der Waals surface area contributed by atoms with Crippen molar-refractivity contribution in [1.29, 1.82) is 0 Å². The molecule has 0 aromatic carbocycles. The zero-order valence-electron chi connectivity index (χ0n) is 9.27. The Bertz CT molecular complexity index is 456. The molecule has 3 nitrogen and oxygen atoms in total. The van der Waals surface area contributed by atoms with Crippen LogP contribution < -0.4 is 5.32 Å². The standard InChI is InChI=1S/C11H15N3S2/c1-15-11(2-3-11)8-12-6-9-7-14-4-5-16-10(14)13-9/h4-5,7,12H,2-3,6,8H2,1H3. The normalized spacial score (nSPS) is 18.1. The highest BCUT2D eigenvalue weighted by atomic mass is 32.2. The van der Waals surface area contributed by atoms with Crippen molar-refractivity contribution in [2.75, 3.05) is 12.8 Å². The number of aromatic nitrogens is 2. The number of hydrogen-bond donors (Lipinski definition) is 1. The van der Waals surface area contributed by atoms with Crippen LogP contribution in [0.15, 0.2) is 17.8 Å². The van der Waals surface area contributed by atoms with Crippen molar-refractivity contribution in [3.05, 3.63) is 23.5 Å². The maximum absolute atomic E-state index is 4.55. The first-order valence-electron chi connectivity index (χ1n) is 5.48. The predicted octanol–water partition coefficient (Wildman–Crippen LogP) is 2.38. The molecule has 16 heavy (non-hydrogen) atoms. The van der Waals surface area contributed by atoms with Crippen LogP contribution in [0.3, 0.4) is 0 Å². The van der Waals surface area contributed by atoms with Gasteiger partial charge in [-0.1, -0.05) is 0 Å². The quantitative estimate of drug-likeness (QED) is 0.887. The second-order valence-electron chi connectivity index (χ2n) is 4.32. The number of hydrogen-bond acceptors (Lipinski definition) is 4. The van der Waals surface area contributed by atoms with Gasteiger partial charge in [-0.3, -0.25) is 4.40 Å². The minimum Gasteiger partial charge on any atom is -0.310 e. The number of thiazole rings is 1. The van der Waals surface area contributed by atoms with E-state index in [9.17, 15) is 0 Å². The van der Waals surface area contributed by atoms with Gasteiger partial charge in [-0.25, -0.2) is 4.98 Å². The molecular formula is C11H15N3S2. The minimum atomic E-state index is 0.539. The summed E-state index contributed by atoms with van der Waals surface area (Å²) in [5.41, 5.74) is 1.14. The van der Waals surface area contributed by atoms with E-state index in [4.69, 9.17) is 0 Å². The third kappa shape index (κ3) is 1.99. The van der Waals surface area contributed by atoms with Gasteiger partial charge in [0.1, 0.15) is 0 Å². The lowest BCUT2D eigenvalue weighted by Gasteiger charge is -2.11. The van der Waals surface area contributed by atoms with Crippen LogP contribution in [0.2, 0.25) is 0 Å². The molecule has 1 aliphatic rings. The van der Waals surface area contributed by atoms with Crippen LogP contribution in [0, 0.1) is 0 Å². The smallest absolute Gasteiger partial charge is 0.193 e. The molecule has 3 rings (SSSR count). The fourth-order valence-corrected chi connectivity index (χ4v) is 3.35. The Hall–Kier alpha value is -0.520. The molecule has 2 aromatic heterocycles. The summed E-state index contributed by atoms with van der Waals surface area (Å²) >= 11 is 3.68. The number of nitrogens with zero attached hydrogens (tertiary/aromatic N) is 2. The van der Waals surface area contributed by atoms with Gasteiger partial charge in [0.15, 0.2) is 4.96 Å². The zero-order chi connectivity index (χ0) is 11.0. The highest BCUT2D eigenvalue weighted by Crippen LogP contribution is 2.46. The summed E-state index contributed by atoms with van der Waals surface area (Å²) in [5.74, 6) is 0.